The summed E-state index contributed by atoms with van der Waals surface area (Å²) in [5, 5.41) is 0.574. The standard InChI is InChI=1S/C15H13ClO3S/c1-10-5-7-13(8-6-10)20(17,18)15-14(19-15)11-3-2-4-12(16)9-11/h2-9,14-15H,1H3. The monoisotopic (exact) mass is 308 g/mol. The lowest BCUT2D eigenvalue weighted by molar-refractivity contribution is 0.399. The third kappa shape index (κ3) is 2.46. The summed E-state index contributed by atoms with van der Waals surface area (Å²) in [5.41, 5.74) is 0.994. The Labute approximate surface area is 123 Å². The molecule has 0 spiro atoms. The van der Waals surface area contributed by atoms with Crippen molar-refractivity contribution in [1.29, 1.82) is 0 Å². The Kier molecular flexibility index (Phi) is 3.32. The van der Waals surface area contributed by atoms with Crippen LogP contribution in [0.5, 0.6) is 0 Å². The molecule has 3 nitrogen and oxygen atoms in total. The molecule has 0 amide bonds. The van der Waals surface area contributed by atoms with E-state index in [4.69, 9.17) is 16.3 Å². The molecule has 0 aliphatic carbocycles. The minimum Gasteiger partial charge on any atom is -0.347 e. The number of hydrogen-bond donors (Lipinski definition) is 0. The van der Waals surface area contributed by atoms with Crippen molar-refractivity contribution in [3.8, 4) is 0 Å². The molecule has 2 unspecified atom stereocenters. The maximum absolute atomic E-state index is 12.4. The van der Waals surface area contributed by atoms with E-state index in [1.807, 2.05) is 13.0 Å². The van der Waals surface area contributed by atoms with Gasteiger partial charge in [-0.3, -0.25) is 0 Å². The molecule has 0 radical (unpaired) electrons. The minimum absolute atomic E-state index is 0.289. The molecular formula is C15H13ClO3S. The highest BCUT2D eigenvalue weighted by Crippen LogP contribution is 2.44. The maximum atomic E-state index is 12.4. The average Bonchev–Trinajstić information content (AvgIpc) is 3.20. The number of aryl methyl sites for hydroxylation is 1. The molecule has 1 aliphatic rings. The third-order valence-corrected chi connectivity index (χ3v) is 5.42. The summed E-state index contributed by atoms with van der Waals surface area (Å²) in [6, 6.07) is 13.9. The van der Waals surface area contributed by atoms with Crippen LogP contribution >= 0.6 is 11.6 Å². The quantitative estimate of drug-likeness (QED) is 0.815. The molecule has 20 heavy (non-hydrogen) atoms. The molecule has 0 aromatic heterocycles. The molecule has 2 aromatic carbocycles. The Bertz CT molecular complexity index is 738. The van der Waals surface area contributed by atoms with Gasteiger partial charge in [-0.15, -0.1) is 0 Å². The number of rotatable bonds is 3. The van der Waals surface area contributed by atoms with Gasteiger partial charge in [-0.1, -0.05) is 41.4 Å². The Hall–Kier alpha value is -1.36. The molecule has 0 saturated carbocycles. The van der Waals surface area contributed by atoms with E-state index in [-0.39, 0.29) is 4.90 Å². The van der Waals surface area contributed by atoms with Gasteiger partial charge in [-0.2, -0.15) is 0 Å². The van der Waals surface area contributed by atoms with Crippen LogP contribution in [0.4, 0.5) is 0 Å². The first kappa shape index (κ1) is 13.6. The molecule has 2 aromatic rings. The summed E-state index contributed by atoms with van der Waals surface area (Å²) < 4.78 is 30.2. The Morgan fingerprint density at radius 3 is 2.45 bits per heavy atom. The first-order valence-electron chi connectivity index (χ1n) is 6.20. The van der Waals surface area contributed by atoms with Gasteiger partial charge in [0.05, 0.1) is 4.90 Å². The molecule has 1 aliphatic heterocycles. The van der Waals surface area contributed by atoms with Crippen LogP contribution in [0.15, 0.2) is 53.4 Å². The van der Waals surface area contributed by atoms with E-state index >= 15 is 0 Å². The summed E-state index contributed by atoms with van der Waals surface area (Å²) in [6.45, 7) is 1.92. The highest BCUT2D eigenvalue weighted by atomic mass is 35.5. The molecule has 5 heteroatoms. The van der Waals surface area contributed by atoms with Crippen LogP contribution in [0.1, 0.15) is 17.2 Å². The second-order valence-electron chi connectivity index (χ2n) is 4.84. The second kappa shape index (κ2) is 4.88. The summed E-state index contributed by atoms with van der Waals surface area (Å²) in [4.78, 5) is 0.289. The van der Waals surface area contributed by atoms with E-state index in [0.717, 1.165) is 11.1 Å². The van der Waals surface area contributed by atoms with Crippen LogP contribution in [0, 0.1) is 6.92 Å². The maximum Gasteiger partial charge on any atom is 0.208 e. The van der Waals surface area contributed by atoms with E-state index in [2.05, 4.69) is 0 Å². The lowest BCUT2D eigenvalue weighted by Crippen LogP contribution is -2.09. The lowest BCUT2D eigenvalue weighted by atomic mass is 10.2. The highest BCUT2D eigenvalue weighted by molar-refractivity contribution is 7.92. The van der Waals surface area contributed by atoms with E-state index in [1.165, 1.54) is 0 Å². The largest absolute Gasteiger partial charge is 0.347 e. The Balaban J connectivity index is 1.86. The van der Waals surface area contributed by atoms with Crippen molar-refractivity contribution in [2.24, 2.45) is 0 Å². The molecule has 3 rings (SSSR count). The van der Waals surface area contributed by atoms with E-state index < -0.39 is 21.4 Å². The number of ether oxygens (including phenoxy) is 1. The lowest BCUT2D eigenvalue weighted by Gasteiger charge is -2.02. The van der Waals surface area contributed by atoms with Crippen LogP contribution in [0.2, 0.25) is 5.02 Å². The first-order chi connectivity index (χ1) is 9.48. The third-order valence-electron chi connectivity index (χ3n) is 3.28. The predicted octanol–water partition coefficient (Wildman–Crippen LogP) is 3.52. The van der Waals surface area contributed by atoms with Crippen molar-refractivity contribution in [1.82, 2.24) is 0 Å². The zero-order valence-corrected chi connectivity index (χ0v) is 12.4. The fourth-order valence-electron chi connectivity index (χ4n) is 2.12. The van der Waals surface area contributed by atoms with Gasteiger partial charge in [0.2, 0.25) is 9.84 Å². The van der Waals surface area contributed by atoms with Gasteiger partial charge in [-0.25, -0.2) is 8.42 Å². The van der Waals surface area contributed by atoms with Gasteiger partial charge in [0, 0.05) is 5.02 Å². The van der Waals surface area contributed by atoms with Crippen LogP contribution in [-0.2, 0) is 14.6 Å². The van der Waals surface area contributed by atoms with Crippen molar-refractivity contribution in [3.63, 3.8) is 0 Å². The SMILES string of the molecule is Cc1ccc(S(=O)(=O)C2OC2c2cccc(Cl)c2)cc1. The summed E-state index contributed by atoms with van der Waals surface area (Å²) in [7, 11) is -3.46. The summed E-state index contributed by atoms with van der Waals surface area (Å²) in [6.07, 6.45) is -0.431. The number of halogens is 1. The molecule has 2 atom stereocenters. The van der Waals surface area contributed by atoms with Gasteiger partial charge in [0.25, 0.3) is 0 Å². The van der Waals surface area contributed by atoms with Crippen molar-refractivity contribution in [2.75, 3.05) is 0 Å². The van der Waals surface area contributed by atoms with Crippen LogP contribution < -0.4 is 0 Å². The smallest absolute Gasteiger partial charge is 0.208 e. The zero-order chi connectivity index (χ0) is 14.3. The predicted molar refractivity (Wildman–Crippen MR) is 77.4 cm³/mol. The number of benzene rings is 2. The van der Waals surface area contributed by atoms with Gasteiger partial charge < -0.3 is 4.74 Å². The molecule has 1 heterocycles. The molecule has 1 saturated heterocycles. The molecule has 0 N–H and O–H groups in total. The van der Waals surface area contributed by atoms with E-state index in [1.54, 1.807) is 42.5 Å². The van der Waals surface area contributed by atoms with Crippen LogP contribution in [0.25, 0.3) is 0 Å². The zero-order valence-electron chi connectivity index (χ0n) is 10.8. The number of epoxide rings is 1. The molecule has 1 fully saturated rings. The average molecular weight is 309 g/mol. The topological polar surface area (TPSA) is 46.7 Å². The molecule has 104 valence electrons. The number of sulfone groups is 1. The van der Waals surface area contributed by atoms with Crippen molar-refractivity contribution in [3.05, 3.63) is 64.7 Å². The van der Waals surface area contributed by atoms with Gasteiger partial charge in [0.1, 0.15) is 6.10 Å². The van der Waals surface area contributed by atoms with Gasteiger partial charge in [0.15, 0.2) is 5.44 Å². The summed E-state index contributed by atoms with van der Waals surface area (Å²) in [5.74, 6) is 0. The fraction of sp³-hybridized carbons (Fsp3) is 0.200. The van der Waals surface area contributed by atoms with Crippen molar-refractivity contribution in [2.45, 2.75) is 23.4 Å². The Morgan fingerprint density at radius 2 is 1.80 bits per heavy atom. The van der Waals surface area contributed by atoms with Crippen LogP contribution in [0.3, 0.4) is 0 Å². The van der Waals surface area contributed by atoms with Gasteiger partial charge in [-0.05, 0) is 36.8 Å². The summed E-state index contributed by atoms with van der Waals surface area (Å²) >= 11 is 5.91. The molecule has 0 bridgehead atoms. The minimum atomic E-state index is -3.46. The van der Waals surface area contributed by atoms with Crippen LogP contribution in [-0.4, -0.2) is 13.9 Å². The van der Waals surface area contributed by atoms with Crippen molar-refractivity contribution >= 4 is 21.4 Å². The number of hydrogen-bond acceptors (Lipinski definition) is 3. The fourth-order valence-corrected chi connectivity index (χ4v) is 3.85. The second-order valence-corrected chi connectivity index (χ2v) is 7.30. The first-order valence-corrected chi connectivity index (χ1v) is 8.12. The van der Waals surface area contributed by atoms with Crippen molar-refractivity contribution < 1.29 is 13.2 Å². The van der Waals surface area contributed by atoms with E-state index in [0.29, 0.717) is 5.02 Å². The normalized spacial score (nSPS) is 21.7. The highest BCUT2D eigenvalue weighted by Gasteiger charge is 2.50. The van der Waals surface area contributed by atoms with E-state index in [9.17, 15) is 8.42 Å². The van der Waals surface area contributed by atoms with Gasteiger partial charge >= 0.3 is 0 Å². The Morgan fingerprint density at radius 1 is 1.10 bits per heavy atom. The molecular weight excluding hydrogens is 296 g/mol.